The van der Waals surface area contributed by atoms with Crippen LogP contribution in [0, 0.1) is 0 Å². The molecule has 0 spiro atoms. The highest BCUT2D eigenvalue weighted by molar-refractivity contribution is 7.89. The Morgan fingerprint density at radius 1 is 0.909 bits per heavy atom. The third-order valence-electron chi connectivity index (χ3n) is 3.05. The number of benzene rings is 2. The van der Waals surface area contributed by atoms with E-state index in [0.29, 0.717) is 11.5 Å². The summed E-state index contributed by atoms with van der Waals surface area (Å²) in [5.41, 5.74) is 7.44. The van der Waals surface area contributed by atoms with E-state index in [4.69, 9.17) is 5.14 Å². The van der Waals surface area contributed by atoms with Gasteiger partial charge in [0.2, 0.25) is 10.0 Å². The largest absolute Gasteiger partial charge is 0.300 e. The second-order valence-corrected chi connectivity index (χ2v) is 6.12. The molecule has 0 radical (unpaired) electrons. The lowest BCUT2D eigenvalue weighted by atomic mass is 10.2. The second kappa shape index (κ2) is 5.58. The minimum atomic E-state index is -3.68. The molecule has 0 fully saturated rings. The molecule has 0 aliphatic rings. The van der Waals surface area contributed by atoms with Crippen molar-refractivity contribution in [3.05, 3.63) is 54.9 Å². The van der Waals surface area contributed by atoms with Crippen LogP contribution in [0.3, 0.4) is 0 Å². The minimum Gasteiger partial charge on any atom is -0.300 e. The Labute approximate surface area is 127 Å². The van der Waals surface area contributed by atoms with Gasteiger partial charge in [0.05, 0.1) is 16.1 Å². The predicted molar refractivity (Wildman–Crippen MR) is 84.6 cm³/mol. The molecule has 0 amide bonds. The quantitative estimate of drug-likeness (QED) is 0.632. The molecule has 7 nitrogen and oxygen atoms in total. The van der Waals surface area contributed by atoms with Crippen molar-refractivity contribution < 1.29 is 8.42 Å². The SMILES string of the molecule is NS(=O)(=O)c1ccc(NNc2ncnc3ccccc23)cc1. The molecular formula is C14H13N5O2S. The fourth-order valence-electron chi connectivity index (χ4n) is 1.96. The van der Waals surface area contributed by atoms with Crippen molar-refractivity contribution in [2.45, 2.75) is 4.90 Å². The van der Waals surface area contributed by atoms with Gasteiger partial charge < -0.3 is 0 Å². The lowest BCUT2D eigenvalue weighted by Crippen LogP contribution is -2.13. The van der Waals surface area contributed by atoms with Crippen molar-refractivity contribution in [1.82, 2.24) is 9.97 Å². The zero-order valence-electron chi connectivity index (χ0n) is 11.4. The Hall–Kier alpha value is -2.71. The van der Waals surface area contributed by atoms with Crippen molar-refractivity contribution in [1.29, 1.82) is 0 Å². The first kappa shape index (κ1) is 14.2. The van der Waals surface area contributed by atoms with E-state index in [1.165, 1.54) is 18.5 Å². The number of aromatic nitrogens is 2. The van der Waals surface area contributed by atoms with Crippen molar-refractivity contribution >= 4 is 32.4 Å². The molecule has 8 heteroatoms. The smallest absolute Gasteiger partial charge is 0.238 e. The summed E-state index contributed by atoms with van der Waals surface area (Å²) in [6.07, 6.45) is 1.47. The van der Waals surface area contributed by atoms with E-state index in [1.807, 2.05) is 24.3 Å². The third-order valence-corrected chi connectivity index (χ3v) is 3.98. The van der Waals surface area contributed by atoms with Gasteiger partial charge >= 0.3 is 0 Å². The Balaban J connectivity index is 1.80. The van der Waals surface area contributed by atoms with Gasteiger partial charge in [0.25, 0.3) is 0 Å². The highest BCUT2D eigenvalue weighted by atomic mass is 32.2. The predicted octanol–water partition coefficient (Wildman–Crippen LogP) is 1.72. The fraction of sp³-hybridized carbons (Fsp3) is 0. The number of nitrogens with zero attached hydrogens (tertiary/aromatic N) is 2. The molecule has 0 aliphatic heterocycles. The van der Waals surface area contributed by atoms with E-state index in [1.54, 1.807) is 12.1 Å². The molecule has 0 unspecified atom stereocenters. The van der Waals surface area contributed by atoms with E-state index >= 15 is 0 Å². The third kappa shape index (κ3) is 2.97. The number of fused-ring (bicyclic) bond motifs is 1. The van der Waals surface area contributed by atoms with Crippen LogP contribution in [-0.2, 0) is 10.0 Å². The summed E-state index contributed by atoms with van der Waals surface area (Å²) in [4.78, 5) is 8.41. The van der Waals surface area contributed by atoms with Gasteiger partial charge in [-0.15, -0.1) is 0 Å². The summed E-state index contributed by atoms with van der Waals surface area (Å²) >= 11 is 0. The Kier molecular flexibility index (Phi) is 3.61. The second-order valence-electron chi connectivity index (χ2n) is 4.56. The maximum absolute atomic E-state index is 11.2. The van der Waals surface area contributed by atoms with Crippen molar-refractivity contribution in [3.63, 3.8) is 0 Å². The van der Waals surface area contributed by atoms with Gasteiger partial charge in [-0.05, 0) is 36.4 Å². The molecule has 1 aromatic heterocycles. The maximum Gasteiger partial charge on any atom is 0.238 e. The molecule has 0 atom stereocenters. The molecule has 0 aliphatic carbocycles. The molecule has 2 aromatic carbocycles. The molecule has 4 N–H and O–H groups in total. The van der Waals surface area contributed by atoms with Crippen LogP contribution in [-0.4, -0.2) is 18.4 Å². The maximum atomic E-state index is 11.2. The number of nitrogens with two attached hydrogens (primary N) is 1. The van der Waals surface area contributed by atoms with Gasteiger partial charge in [-0.1, -0.05) is 12.1 Å². The first-order valence-electron chi connectivity index (χ1n) is 6.39. The van der Waals surface area contributed by atoms with Crippen LogP contribution >= 0.6 is 0 Å². The highest BCUT2D eigenvalue weighted by Gasteiger charge is 2.07. The van der Waals surface area contributed by atoms with E-state index < -0.39 is 10.0 Å². The monoisotopic (exact) mass is 315 g/mol. The summed E-state index contributed by atoms with van der Waals surface area (Å²) in [7, 11) is -3.68. The van der Waals surface area contributed by atoms with Crippen LogP contribution in [0.1, 0.15) is 0 Å². The van der Waals surface area contributed by atoms with Crippen LogP contribution < -0.4 is 16.0 Å². The molecule has 1 heterocycles. The zero-order valence-corrected chi connectivity index (χ0v) is 12.2. The summed E-state index contributed by atoms with van der Waals surface area (Å²) in [5, 5.41) is 5.93. The van der Waals surface area contributed by atoms with Gasteiger partial charge in [0.15, 0.2) is 5.82 Å². The van der Waals surface area contributed by atoms with E-state index in [2.05, 4.69) is 20.8 Å². The van der Waals surface area contributed by atoms with Crippen molar-refractivity contribution in [2.75, 3.05) is 10.9 Å². The number of nitrogens with one attached hydrogen (secondary N) is 2. The molecule has 112 valence electrons. The summed E-state index contributed by atoms with van der Waals surface area (Å²) in [5.74, 6) is 0.626. The van der Waals surface area contributed by atoms with Crippen LogP contribution in [0.5, 0.6) is 0 Å². The van der Waals surface area contributed by atoms with Gasteiger partial charge in [0, 0.05) is 5.39 Å². The summed E-state index contributed by atoms with van der Waals surface area (Å²) < 4.78 is 22.4. The van der Waals surface area contributed by atoms with Gasteiger partial charge in [0.1, 0.15) is 6.33 Å². The Morgan fingerprint density at radius 3 is 2.36 bits per heavy atom. The summed E-state index contributed by atoms with van der Waals surface area (Å²) in [6.45, 7) is 0. The van der Waals surface area contributed by atoms with Crippen LogP contribution in [0.2, 0.25) is 0 Å². The topological polar surface area (TPSA) is 110 Å². The number of hydrogen-bond acceptors (Lipinski definition) is 6. The Morgan fingerprint density at radius 2 is 1.64 bits per heavy atom. The van der Waals surface area contributed by atoms with E-state index in [9.17, 15) is 8.42 Å². The minimum absolute atomic E-state index is 0.0607. The Bertz CT molecular complexity index is 905. The van der Waals surface area contributed by atoms with E-state index in [0.717, 1.165) is 10.9 Å². The molecule has 0 saturated heterocycles. The first-order valence-corrected chi connectivity index (χ1v) is 7.93. The standard InChI is InChI=1S/C14H13N5O2S/c15-22(20,21)11-7-5-10(6-8-11)18-19-14-12-3-1-2-4-13(12)16-9-17-14/h1-9,18H,(H2,15,20,21)(H,16,17,19). The molecular weight excluding hydrogens is 302 g/mol. The number of primary sulfonamides is 1. The number of hydrogen-bond donors (Lipinski definition) is 3. The average Bonchev–Trinajstić information content (AvgIpc) is 2.52. The average molecular weight is 315 g/mol. The molecule has 0 bridgehead atoms. The number of hydrazine groups is 1. The lowest BCUT2D eigenvalue weighted by molar-refractivity contribution is 0.598. The molecule has 3 rings (SSSR count). The van der Waals surface area contributed by atoms with Gasteiger partial charge in [-0.3, -0.25) is 10.9 Å². The normalized spacial score (nSPS) is 11.3. The number of para-hydroxylation sites is 1. The van der Waals surface area contributed by atoms with Crippen LogP contribution in [0.4, 0.5) is 11.5 Å². The van der Waals surface area contributed by atoms with Gasteiger partial charge in [-0.25, -0.2) is 23.5 Å². The van der Waals surface area contributed by atoms with Crippen molar-refractivity contribution in [3.8, 4) is 0 Å². The van der Waals surface area contributed by atoms with Crippen LogP contribution in [0.25, 0.3) is 10.9 Å². The van der Waals surface area contributed by atoms with Crippen LogP contribution in [0.15, 0.2) is 59.8 Å². The zero-order chi connectivity index (χ0) is 15.6. The van der Waals surface area contributed by atoms with E-state index in [-0.39, 0.29) is 4.90 Å². The molecule has 3 aromatic rings. The van der Waals surface area contributed by atoms with Crippen molar-refractivity contribution in [2.24, 2.45) is 5.14 Å². The highest BCUT2D eigenvalue weighted by Crippen LogP contribution is 2.19. The first-order chi connectivity index (χ1) is 10.5. The number of anilines is 2. The molecule has 22 heavy (non-hydrogen) atoms. The number of sulfonamides is 1. The van der Waals surface area contributed by atoms with Gasteiger partial charge in [-0.2, -0.15) is 0 Å². The number of rotatable bonds is 4. The lowest BCUT2D eigenvalue weighted by Gasteiger charge is -2.11. The summed E-state index contributed by atoms with van der Waals surface area (Å²) in [6, 6.07) is 13.7. The molecule has 0 saturated carbocycles. The fourth-order valence-corrected chi connectivity index (χ4v) is 2.48.